The van der Waals surface area contributed by atoms with E-state index in [1.807, 2.05) is 32.4 Å². The number of halogens is 9. The third kappa shape index (κ3) is 4.22. The summed E-state index contributed by atoms with van der Waals surface area (Å²) in [4.78, 5) is 0. The maximum Gasteiger partial charge on any atom is 0.324 e. The Morgan fingerprint density at radius 2 is 0.913 bits per heavy atom. The molecule has 1 nitrogen and oxygen atoms in total. The van der Waals surface area contributed by atoms with Crippen LogP contribution in [-0.4, -0.2) is 26.3 Å². The van der Waals surface area contributed by atoms with Gasteiger partial charge in [0.25, 0.3) is 0 Å². The van der Waals surface area contributed by atoms with Crippen LogP contribution in [0.25, 0.3) is 0 Å². The van der Waals surface area contributed by atoms with E-state index in [-0.39, 0.29) is 0 Å². The van der Waals surface area contributed by atoms with Gasteiger partial charge < -0.3 is 0 Å². The van der Waals surface area contributed by atoms with Crippen molar-refractivity contribution in [2.45, 2.75) is 68.6 Å². The van der Waals surface area contributed by atoms with Crippen LogP contribution in [0, 0.1) is 0 Å². The fraction of sp³-hybridized carbons (Fsp3) is 1.00. The fourth-order valence-corrected chi connectivity index (χ4v) is 19.3. The first-order valence-corrected chi connectivity index (χ1v) is 11.9. The molecule has 1 aliphatic rings. The van der Waals surface area contributed by atoms with E-state index in [1.165, 1.54) is 0 Å². The lowest BCUT2D eigenvalue weighted by molar-refractivity contribution is 0.0557. The third-order valence-electron chi connectivity index (χ3n) is 4.12. The van der Waals surface area contributed by atoms with Crippen molar-refractivity contribution in [2.24, 2.45) is 0 Å². The highest BCUT2D eigenvalue weighted by atomic mass is 35.6. The first kappa shape index (κ1) is 24.0. The quantitative estimate of drug-likeness (QED) is 0.244. The highest BCUT2D eigenvalue weighted by Crippen LogP contribution is 2.96. The van der Waals surface area contributed by atoms with Crippen molar-refractivity contribution in [3.63, 3.8) is 0 Å². The van der Waals surface area contributed by atoms with Crippen LogP contribution in [0.15, 0.2) is 0 Å². The monoisotopic (exact) mass is 522 g/mol. The molecule has 1 fully saturated rings. The van der Waals surface area contributed by atoms with Gasteiger partial charge >= 0.3 is 10.6 Å². The van der Waals surface area contributed by atoms with Crippen molar-refractivity contribution in [3.8, 4) is 0 Å². The number of hydrogen-bond acceptors (Lipinski definition) is 1. The molecule has 0 aromatic carbocycles. The number of rotatable bonds is 1. The first-order chi connectivity index (χ1) is 9.82. The molecule has 0 amide bonds. The van der Waals surface area contributed by atoms with Crippen LogP contribution in [0.5, 0.6) is 0 Å². The molecule has 0 saturated carbocycles. The summed E-state index contributed by atoms with van der Waals surface area (Å²) in [6.45, 7) is 7.91. The lowest BCUT2D eigenvalue weighted by atomic mass is 9.83. The summed E-state index contributed by atoms with van der Waals surface area (Å²) in [7, 11) is -3.64. The van der Waals surface area contributed by atoms with E-state index < -0.39 is 29.1 Å². The Kier molecular flexibility index (Phi) is 7.43. The average molecular weight is 526 g/mol. The van der Waals surface area contributed by atoms with Crippen molar-refractivity contribution in [3.05, 3.63) is 0 Å². The average Bonchev–Trinajstić information content (AvgIpc) is 2.16. The lowest BCUT2D eigenvalue weighted by Gasteiger charge is -2.59. The summed E-state index contributed by atoms with van der Waals surface area (Å²) < 4.78 is -4.39. The Bertz CT molecular complexity index is 395. The molecule has 0 bridgehead atoms. The summed E-state index contributed by atoms with van der Waals surface area (Å²) in [6, 6.07) is 0. The summed E-state index contributed by atoms with van der Waals surface area (Å²) in [5.41, 5.74) is -0.986. The Morgan fingerprint density at radius 3 is 1.13 bits per heavy atom. The number of nitrogens with zero attached hydrogens (tertiary/aromatic N) is 1. The molecule has 138 valence electrons. The molecule has 1 aliphatic heterocycles. The Morgan fingerprint density at radius 1 is 0.652 bits per heavy atom. The second-order valence-corrected chi connectivity index (χ2v) is 19.7. The minimum absolute atomic E-state index is 0.493. The molecule has 23 heavy (non-hydrogen) atoms. The largest absolute Gasteiger partial charge is 0.324 e. The van der Waals surface area contributed by atoms with Gasteiger partial charge in [-0.2, -0.15) is 4.67 Å². The molecule has 1 rings (SSSR count). The summed E-state index contributed by atoms with van der Waals surface area (Å²) in [6.07, 6.45) is 2.55. The Labute approximate surface area is 183 Å². The maximum atomic E-state index is 6.35. The van der Waals surface area contributed by atoms with Gasteiger partial charge in [-0.25, -0.2) is 0 Å². The molecule has 11 heteroatoms. The van der Waals surface area contributed by atoms with Crippen molar-refractivity contribution in [1.82, 2.24) is 4.67 Å². The van der Waals surface area contributed by atoms with Gasteiger partial charge in [0.2, 0.25) is 7.41 Å². The highest BCUT2D eigenvalue weighted by molar-refractivity contribution is 7.91. The molecule has 1 saturated heterocycles. The van der Waals surface area contributed by atoms with E-state index in [9.17, 15) is 0 Å². The van der Waals surface area contributed by atoms with Crippen LogP contribution in [0.3, 0.4) is 0 Å². The van der Waals surface area contributed by atoms with Gasteiger partial charge in [0.15, 0.2) is 0 Å². The van der Waals surface area contributed by atoms with Crippen molar-refractivity contribution in [1.29, 1.82) is 0 Å². The van der Waals surface area contributed by atoms with Crippen LogP contribution in [0.2, 0.25) is 0 Å². The maximum absolute atomic E-state index is 6.35. The van der Waals surface area contributed by atoms with Crippen molar-refractivity contribution < 1.29 is 0 Å². The number of piperidine rings is 1. The SMILES string of the molecule is CC1(C)CCCC(C)(C)N1[P+](C(Cl)(Cl)Cl)(C(Cl)(Cl)Cl)C(Cl)(Cl)Cl. The van der Waals surface area contributed by atoms with E-state index in [1.54, 1.807) is 0 Å². The van der Waals surface area contributed by atoms with Crippen LogP contribution in [0.1, 0.15) is 47.0 Å². The number of hydrogen-bond donors (Lipinski definition) is 0. The van der Waals surface area contributed by atoms with E-state index in [4.69, 9.17) is 104 Å². The Balaban J connectivity index is 3.89. The molecule has 0 aliphatic carbocycles. The molecular formula is C12H18Cl9NP+. The zero-order chi connectivity index (χ0) is 18.7. The van der Waals surface area contributed by atoms with E-state index >= 15 is 0 Å². The van der Waals surface area contributed by atoms with E-state index in [2.05, 4.69) is 0 Å². The molecule has 0 unspecified atom stereocenters. The zero-order valence-corrected chi connectivity index (χ0v) is 20.6. The lowest BCUT2D eigenvalue weighted by Crippen LogP contribution is -2.63. The predicted octanol–water partition coefficient (Wildman–Crippen LogP) is 8.95. The van der Waals surface area contributed by atoms with Gasteiger partial charge in [-0.1, -0.05) is 0 Å². The van der Waals surface area contributed by atoms with Crippen LogP contribution >= 0.6 is 112 Å². The Hall–Kier alpha value is 3.00. The summed E-state index contributed by atoms with van der Waals surface area (Å²) in [5, 5.41) is 0. The van der Waals surface area contributed by atoms with Gasteiger partial charge in [0, 0.05) is 0 Å². The van der Waals surface area contributed by atoms with Gasteiger partial charge in [-0.15, -0.1) is 0 Å². The predicted molar refractivity (Wildman–Crippen MR) is 112 cm³/mol. The topological polar surface area (TPSA) is 3.24 Å². The van der Waals surface area contributed by atoms with Crippen LogP contribution in [-0.2, 0) is 0 Å². The molecule has 0 aromatic heterocycles. The summed E-state index contributed by atoms with van der Waals surface area (Å²) >= 11 is 57.1. The molecule has 0 N–H and O–H groups in total. The standard InChI is InChI=1S/C12H18Cl9NP/c1-8(2)6-5-7-9(3,4)22(8)23(10(13,14)15,11(16,17)18)12(19,20)21/h5-7H2,1-4H3/q+1. The second kappa shape index (κ2) is 7.11. The first-order valence-electron chi connectivity index (χ1n) is 6.73. The van der Waals surface area contributed by atoms with Gasteiger partial charge in [0.05, 0.1) is 11.1 Å². The van der Waals surface area contributed by atoms with Crippen molar-refractivity contribution >= 4 is 112 Å². The minimum atomic E-state index is -3.64. The summed E-state index contributed by atoms with van der Waals surface area (Å²) in [5.74, 6) is 0. The molecule has 1 heterocycles. The molecule has 0 radical (unpaired) electrons. The fourth-order valence-electron chi connectivity index (χ4n) is 3.57. The molecule has 0 spiro atoms. The minimum Gasteiger partial charge on any atom is -0.158 e. The zero-order valence-electron chi connectivity index (χ0n) is 12.9. The smallest absolute Gasteiger partial charge is 0.158 e. The van der Waals surface area contributed by atoms with Gasteiger partial charge in [0.1, 0.15) is 0 Å². The third-order valence-corrected chi connectivity index (χ3v) is 14.6. The second-order valence-electron chi connectivity index (χ2n) is 6.83. The normalized spacial score (nSPS) is 23.9. The van der Waals surface area contributed by atoms with E-state index in [0.29, 0.717) is 0 Å². The van der Waals surface area contributed by atoms with Crippen LogP contribution in [0.4, 0.5) is 0 Å². The highest BCUT2D eigenvalue weighted by Gasteiger charge is 2.85. The van der Waals surface area contributed by atoms with Crippen molar-refractivity contribution in [2.75, 3.05) is 0 Å². The molecule has 0 atom stereocenters. The number of alkyl halides is 9. The van der Waals surface area contributed by atoms with Gasteiger partial charge in [-0.05, 0) is 151 Å². The molecule has 0 aromatic rings. The van der Waals surface area contributed by atoms with Crippen LogP contribution < -0.4 is 0 Å². The van der Waals surface area contributed by atoms with Gasteiger partial charge in [-0.3, -0.25) is 0 Å². The molecular weight excluding hydrogens is 508 g/mol. The van der Waals surface area contributed by atoms with E-state index in [0.717, 1.165) is 19.3 Å².